The van der Waals surface area contributed by atoms with E-state index in [1.807, 2.05) is 12.1 Å². The maximum Gasteiger partial charge on any atom is 0 e. The normalized spacial score (nSPS) is 8.38. The van der Waals surface area contributed by atoms with Crippen LogP contribution < -0.4 is 2.81 Å². The van der Waals surface area contributed by atoms with Crippen molar-refractivity contribution in [1.82, 2.24) is 4.98 Å². The first kappa shape index (κ1) is 18.5. The van der Waals surface area contributed by atoms with Crippen LogP contribution in [0.25, 0.3) is 10.9 Å². The van der Waals surface area contributed by atoms with Crippen molar-refractivity contribution in [3.05, 3.63) is 36.0 Å². The Bertz CT molecular complexity index is 453. The summed E-state index contributed by atoms with van der Waals surface area (Å²) in [6.07, 6.45) is 1.79. The Kier molecular flexibility index (Phi) is 9.58. The van der Waals surface area contributed by atoms with E-state index in [0.29, 0.717) is 0 Å². The zero-order chi connectivity index (χ0) is 9.26. The largest absolute Gasteiger partial charge is 0.412 e. The van der Waals surface area contributed by atoms with Gasteiger partial charge in [-0.3, -0.25) is 0 Å². The molecule has 0 saturated carbocycles. The van der Waals surface area contributed by atoms with Crippen LogP contribution in [-0.2, 0) is 0 Å². The molecule has 4 nitrogen and oxygen atoms in total. The Morgan fingerprint density at radius 3 is 2.56 bits per heavy atom. The zero-order valence-corrected chi connectivity index (χ0v) is 16.1. The van der Waals surface area contributed by atoms with Gasteiger partial charge >= 0.3 is 92.6 Å². The minimum atomic E-state index is 0. The molecule has 1 aromatic heterocycles. The van der Waals surface area contributed by atoms with E-state index < -0.39 is 0 Å². The van der Waals surface area contributed by atoms with Gasteiger partial charge in [-0.1, -0.05) is 0 Å². The van der Waals surface area contributed by atoms with Crippen molar-refractivity contribution in [2.45, 2.75) is 6.92 Å². The number of pyridine rings is 1. The van der Waals surface area contributed by atoms with Crippen LogP contribution in [0.4, 0.5) is 0 Å². The second-order valence-electron chi connectivity index (χ2n) is 2.93. The summed E-state index contributed by atoms with van der Waals surface area (Å²) in [5.74, 6) is 0.893. The number of nitrogens with zero attached hydrogens (tertiary/aromatic N) is 1. The van der Waals surface area contributed by atoms with E-state index in [0.717, 1.165) is 41.8 Å². The Balaban J connectivity index is 0. The van der Waals surface area contributed by atoms with Crippen molar-refractivity contribution in [3.63, 3.8) is 0 Å². The third-order valence-electron chi connectivity index (χ3n) is 1.91. The van der Waals surface area contributed by atoms with E-state index in [1.165, 1.54) is 5.56 Å². The number of hydrogen-bond acceptors (Lipinski definition) is 2. The summed E-state index contributed by atoms with van der Waals surface area (Å²) in [5, 5.41) is 1.14. The van der Waals surface area contributed by atoms with Gasteiger partial charge in [-0.25, -0.2) is 0 Å². The van der Waals surface area contributed by atoms with Crippen molar-refractivity contribution < 1.29 is 13.8 Å². The van der Waals surface area contributed by atoms with Crippen LogP contribution >= 0.6 is 0 Å². The molecule has 1 aromatic carbocycles. The van der Waals surface area contributed by atoms with Crippen molar-refractivity contribution in [2.24, 2.45) is 0 Å². The predicted molar refractivity (Wildman–Crippen MR) is 65.8 cm³/mol. The molecule has 2 aromatic rings. The Morgan fingerprint density at radius 2 is 1.94 bits per heavy atom. The second-order valence-corrected chi connectivity index (χ2v) is 3.64. The maximum atomic E-state index is 5.36. The molecule has 6 radical (unpaired) electrons. The van der Waals surface area contributed by atoms with Gasteiger partial charge < -0.3 is 11.0 Å². The monoisotopic (exact) mass is 611 g/mol. The average molecular weight is 610 g/mol. The van der Waals surface area contributed by atoms with Crippen molar-refractivity contribution in [3.8, 4) is 5.75 Å². The van der Waals surface area contributed by atoms with Gasteiger partial charge in [0, 0.05) is 27.3 Å². The molecule has 2 rings (SSSR count). The summed E-state index contributed by atoms with van der Waals surface area (Å²) in [4.78, 5) is 4.29. The van der Waals surface area contributed by atoms with Crippen LogP contribution in [0, 0.1) is 6.92 Å². The number of aromatic nitrogens is 1. The quantitative estimate of drug-likeness (QED) is 0.426. The molecule has 0 aliphatic rings. The number of aryl methyl sites for hydroxylation is 1. The maximum absolute atomic E-state index is 5.36. The van der Waals surface area contributed by atoms with Crippen LogP contribution in [0.1, 0.15) is 5.56 Å². The van der Waals surface area contributed by atoms with Gasteiger partial charge in [-0.15, -0.1) is 0 Å². The Morgan fingerprint density at radius 1 is 1.25 bits per heavy atom. The van der Waals surface area contributed by atoms with Gasteiger partial charge in [0.1, 0.15) is 0 Å². The minimum absolute atomic E-state index is 0. The molecular formula is C10H12BiNO3Pb. The van der Waals surface area contributed by atoms with Gasteiger partial charge in [0.25, 0.3) is 0 Å². The molecule has 0 aliphatic heterocycles. The SMILES string of the molecule is Cc1cc([O][Bi])c2ncccc2c1.O.O.[Pb]. The second kappa shape index (κ2) is 8.28. The zero-order valence-electron chi connectivity index (χ0n) is 8.69. The van der Waals surface area contributed by atoms with Gasteiger partial charge in [0.15, 0.2) is 0 Å². The molecule has 0 saturated heterocycles. The first-order chi connectivity index (χ1) is 6.31. The average Bonchev–Trinajstić information content (AvgIpc) is 2.16. The fraction of sp³-hybridized carbons (Fsp3) is 0.100. The molecule has 4 N–H and O–H groups in total. The predicted octanol–water partition coefficient (Wildman–Crippen LogP) is -0.0247. The van der Waals surface area contributed by atoms with Crippen LogP contribution in [-0.4, -0.2) is 68.4 Å². The molecule has 6 heteroatoms. The third-order valence-corrected chi connectivity index (χ3v) is 2.68. The van der Waals surface area contributed by atoms with Crippen molar-refractivity contribution >= 4 is 63.4 Å². The van der Waals surface area contributed by atoms with E-state index in [9.17, 15) is 0 Å². The molecule has 0 fully saturated rings. The first-order valence-electron chi connectivity index (χ1n) is 3.98. The summed E-state index contributed by atoms with van der Waals surface area (Å²) < 4.78 is 5.36. The fourth-order valence-electron chi connectivity index (χ4n) is 1.37. The van der Waals surface area contributed by atoms with Crippen LogP contribution in [0.2, 0.25) is 0 Å². The standard InChI is InChI=1S/C10H9NO.Bi.2H2O.Pb/c1-7-5-8-3-2-4-11-10(8)9(12)6-7;;;;/h2-6,12H,1H3;;2*1H2;/q;+1;;;/p-1. The minimum Gasteiger partial charge on any atom is -0.412 e. The van der Waals surface area contributed by atoms with E-state index in [-0.39, 0.29) is 38.3 Å². The molecule has 0 unspecified atom stereocenters. The molecule has 0 bridgehead atoms. The van der Waals surface area contributed by atoms with Crippen LogP contribution in [0.3, 0.4) is 0 Å². The van der Waals surface area contributed by atoms with Crippen molar-refractivity contribution in [2.75, 3.05) is 0 Å². The molecule has 0 aliphatic carbocycles. The molecule has 0 spiro atoms. The summed E-state index contributed by atoms with van der Waals surface area (Å²) >= 11 is 0.897. The number of rotatable bonds is 1. The molecule has 0 amide bonds. The Hall–Kier alpha value is 0.155. The molecule has 16 heavy (non-hydrogen) atoms. The van der Waals surface area contributed by atoms with Crippen LogP contribution in [0.15, 0.2) is 30.5 Å². The van der Waals surface area contributed by atoms with Gasteiger partial charge in [-0.2, -0.15) is 0 Å². The summed E-state index contributed by atoms with van der Waals surface area (Å²) in [7, 11) is 0. The molecular weight excluding hydrogens is 598 g/mol. The van der Waals surface area contributed by atoms with E-state index in [2.05, 4.69) is 24.0 Å². The van der Waals surface area contributed by atoms with E-state index >= 15 is 0 Å². The summed E-state index contributed by atoms with van der Waals surface area (Å²) in [6.45, 7) is 2.06. The number of fused-ring (bicyclic) bond motifs is 1. The van der Waals surface area contributed by atoms with Gasteiger partial charge in [-0.05, 0) is 0 Å². The first-order valence-corrected chi connectivity index (χ1v) is 5.40. The van der Waals surface area contributed by atoms with Gasteiger partial charge in [0.2, 0.25) is 0 Å². The topological polar surface area (TPSA) is 85.1 Å². The smallest absolute Gasteiger partial charge is 0 e. The van der Waals surface area contributed by atoms with Crippen molar-refractivity contribution in [1.29, 1.82) is 0 Å². The summed E-state index contributed by atoms with van der Waals surface area (Å²) in [6, 6.07) is 8.13. The summed E-state index contributed by atoms with van der Waals surface area (Å²) in [5.41, 5.74) is 2.16. The number of hydrogen-bond donors (Lipinski definition) is 0. The van der Waals surface area contributed by atoms with E-state index in [4.69, 9.17) is 2.81 Å². The number of benzene rings is 1. The van der Waals surface area contributed by atoms with Crippen LogP contribution in [0.5, 0.6) is 5.75 Å². The van der Waals surface area contributed by atoms with E-state index in [1.54, 1.807) is 6.20 Å². The fourth-order valence-corrected chi connectivity index (χ4v) is 1.91. The molecule has 84 valence electrons. The third kappa shape index (κ3) is 3.87. The Labute approximate surface area is 130 Å². The van der Waals surface area contributed by atoms with Gasteiger partial charge in [0.05, 0.1) is 0 Å². The molecule has 1 heterocycles. The molecule has 0 atom stereocenters.